The van der Waals surface area contributed by atoms with Crippen molar-refractivity contribution < 1.29 is 9.59 Å². The van der Waals surface area contributed by atoms with Gasteiger partial charge in [-0.3, -0.25) is 9.59 Å². The molecule has 2 aromatic rings. The van der Waals surface area contributed by atoms with Crippen LogP contribution in [0.3, 0.4) is 0 Å². The molecule has 0 aliphatic rings. The SMILES string of the molecule is CC[C@H](C(=O)N[C@@H](C)CC)N(Cc1cccc(C)c1)C(=O)CSCc1cc(C)cc(C)c1. The standard InChI is InChI=1S/C27H38N2O2S/c1-7-22(6)28-27(31)25(8-2)29(16-23-11-9-10-19(3)13-23)26(30)18-32-17-24-14-20(4)12-21(5)15-24/h9-15,22,25H,7-8,16-18H2,1-6H3,(H,28,31)/t22-,25+/m0/s1. The Bertz CT molecular complexity index is 892. The van der Waals surface area contributed by atoms with Crippen LogP contribution in [0.15, 0.2) is 42.5 Å². The third-order valence-electron chi connectivity index (χ3n) is 5.60. The minimum atomic E-state index is -0.473. The van der Waals surface area contributed by atoms with Gasteiger partial charge in [0.05, 0.1) is 5.75 Å². The van der Waals surface area contributed by atoms with Crippen molar-refractivity contribution >= 4 is 23.6 Å². The van der Waals surface area contributed by atoms with E-state index in [-0.39, 0.29) is 17.9 Å². The Kier molecular flexibility index (Phi) is 10.3. The molecular formula is C27H38N2O2S. The quantitative estimate of drug-likeness (QED) is 0.483. The second-order valence-electron chi connectivity index (χ2n) is 8.74. The smallest absolute Gasteiger partial charge is 0.243 e. The van der Waals surface area contributed by atoms with Crippen LogP contribution in [0.25, 0.3) is 0 Å². The summed E-state index contributed by atoms with van der Waals surface area (Å²) in [6, 6.07) is 14.3. The molecule has 0 heterocycles. The highest BCUT2D eigenvalue weighted by Crippen LogP contribution is 2.19. The first-order valence-electron chi connectivity index (χ1n) is 11.5. The number of thioether (sulfide) groups is 1. The molecule has 0 bridgehead atoms. The zero-order chi connectivity index (χ0) is 23.7. The molecule has 4 nitrogen and oxygen atoms in total. The van der Waals surface area contributed by atoms with Crippen LogP contribution in [-0.4, -0.2) is 34.6 Å². The Balaban J connectivity index is 2.15. The van der Waals surface area contributed by atoms with Gasteiger partial charge in [-0.05, 0) is 51.7 Å². The highest BCUT2D eigenvalue weighted by molar-refractivity contribution is 7.99. The Morgan fingerprint density at radius 3 is 2.19 bits per heavy atom. The van der Waals surface area contributed by atoms with E-state index in [9.17, 15) is 9.59 Å². The number of carbonyl (C=O) groups excluding carboxylic acids is 2. The molecule has 5 heteroatoms. The van der Waals surface area contributed by atoms with Crippen molar-refractivity contribution in [3.8, 4) is 0 Å². The molecule has 0 unspecified atom stereocenters. The molecule has 2 amide bonds. The van der Waals surface area contributed by atoms with Gasteiger partial charge < -0.3 is 10.2 Å². The minimum Gasteiger partial charge on any atom is -0.352 e. The van der Waals surface area contributed by atoms with Gasteiger partial charge in [0.2, 0.25) is 11.8 Å². The van der Waals surface area contributed by atoms with Crippen molar-refractivity contribution in [3.05, 3.63) is 70.3 Å². The monoisotopic (exact) mass is 454 g/mol. The average molecular weight is 455 g/mol. The molecule has 2 aromatic carbocycles. The largest absolute Gasteiger partial charge is 0.352 e. The number of nitrogens with one attached hydrogen (secondary N) is 1. The first-order valence-corrected chi connectivity index (χ1v) is 12.7. The summed E-state index contributed by atoms with van der Waals surface area (Å²) in [6.45, 7) is 12.7. The van der Waals surface area contributed by atoms with Gasteiger partial charge in [-0.2, -0.15) is 0 Å². The van der Waals surface area contributed by atoms with Gasteiger partial charge in [0.15, 0.2) is 0 Å². The van der Waals surface area contributed by atoms with Crippen LogP contribution in [0.5, 0.6) is 0 Å². The fourth-order valence-electron chi connectivity index (χ4n) is 3.86. The number of hydrogen-bond acceptors (Lipinski definition) is 3. The molecule has 32 heavy (non-hydrogen) atoms. The highest BCUT2D eigenvalue weighted by atomic mass is 32.2. The Morgan fingerprint density at radius 1 is 0.938 bits per heavy atom. The van der Waals surface area contributed by atoms with Gasteiger partial charge in [-0.1, -0.05) is 73.0 Å². The maximum atomic E-state index is 13.3. The molecule has 2 rings (SSSR count). The lowest BCUT2D eigenvalue weighted by Gasteiger charge is -2.31. The number of nitrogens with zero attached hydrogens (tertiary/aromatic N) is 1. The fourth-order valence-corrected chi connectivity index (χ4v) is 4.70. The van der Waals surface area contributed by atoms with Gasteiger partial charge in [0.25, 0.3) is 0 Å². The number of hydrogen-bond donors (Lipinski definition) is 1. The van der Waals surface area contributed by atoms with Crippen LogP contribution < -0.4 is 5.32 Å². The third-order valence-corrected chi connectivity index (χ3v) is 6.59. The van der Waals surface area contributed by atoms with Gasteiger partial charge in [-0.15, -0.1) is 11.8 Å². The number of aryl methyl sites for hydroxylation is 3. The van der Waals surface area contributed by atoms with Gasteiger partial charge >= 0.3 is 0 Å². The second-order valence-corrected chi connectivity index (χ2v) is 9.73. The Hall–Kier alpha value is -2.27. The van der Waals surface area contributed by atoms with E-state index in [0.717, 1.165) is 23.3 Å². The summed E-state index contributed by atoms with van der Waals surface area (Å²) in [5.74, 6) is 1.07. The van der Waals surface area contributed by atoms with Crippen molar-refractivity contribution in [1.29, 1.82) is 0 Å². The van der Waals surface area contributed by atoms with Crippen molar-refractivity contribution in [3.63, 3.8) is 0 Å². The normalized spacial score (nSPS) is 12.8. The zero-order valence-corrected chi connectivity index (χ0v) is 21.2. The van der Waals surface area contributed by atoms with E-state index in [4.69, 9.17) is 0 Å². The van der Waals surface area contributed by atoms with Crippen molar-refractivity contribution in [1.82, 2.24) is 10.2 Å². The molecule has 0 fully saturated rings. The van der Waals surface area contributed by atoms with E-state index in [1.807, 2.05) is 45.9 Å². The lowest BCUT2D eigenvalue weighted by molar-refractivity contribution is -0.139. The Morgan fingerprint density at radius 2 is 1.59 bits per heavy atom. The second kappa shape index (κ2) is 12.7. The molecule has 0 aromatic heterocycles. The summed E-state index contributed by atoms with van der Waals surface area (Å²) in [4.78, 5) is 28.1. The van der Waals surface area contributed by atoms with E-state index >= 15 is 0 Å². The third kappa shape index (κ3) is 8.01. The minimum absolute atomic E-state index is 0.00651. The number of amides is 2. The summed E-state index contributed by atoms with van der Waals surface area (Å²) < 4.78 is 0. The van der Waals surface area contributed by atoms with Crippen molar-refractivity contribution in [2.75, 3.05) is 5.75 Å². The number of carbonyl (C=O) groups is 2. The molecule has 0 spiro atoms. The molecule has 0 aliphatic carbocycles. The first kappa shape index (κ1) is 26.0. The van der Waals surface area contributed by atoms with E-state index in [1.165, 1.54) is 16.7 Å². The highest BCUT2D eigenvalue weighted by Gasteiger charge is 2.29. The first-order chi connectivity index (χ1) is 15.2. The maximum Gasteiger partial charge on any atom is 0.243 e. The summed E-state index contributed by atoms with van der Waals surface area (Å²) in [5.41, 5.74) is 5.90. The molecule has 0 saturated carbocycles. The molecule has 2 atom stereocenters. The topological polar surface area (TPSA) is 49.4 Å². The van der Waals surface area contributed by atoms with Crippen LogP contribution in [0, 0.1) is 20.8 Å². The van der Waals surface area contributed by atoms with Gasteiger partial charge in [-0.25, -0.2) is 0 Å². The average Bonchev–Trinajstić information content (AvgIpc) is 2.72. The lowest BCUT2D eigenvalue weighted by Crippen LogP contribution is -2.51. The lowest BCUT2D eigenvalue weighted by atomic mass is 10.1. The molecule has 0 radical (unpaired) electrons. The van der Waals surface area contributed by atoms with Crippen LogP contribution in [-0.2, 0) is 21.9 Å². The summed E-state index contributed by atoms with van der Waals surface area (Å²) in [5, 5.41) is 3.07. The van der Waals surface area contributed by atoms with E-state index in [0.29, 0.717) is 18.7 Å². The van der Waals surface area contributed by atoms with Crippen LogP contribution >= 0.6 is 11.8 Å². The van der Waals surface area contributed by atoms with Crippen molar-refractivity contribution in [2.24, 2.45) is 0 Å². The van der Waals surface area contributed by atoms with Gasteiger partial charge in [0.1, 0.15) is 6.04 Å². The van der Waals surface area contributed by atoms with Crippen LogP contribution in [0.2, 0.25) is 0 Å². The molecule has 0 aliphatic heterocycles. The van der Waals surface area contributed by atoms with E-state index in [2.05, 4.69) is 43.4 Å². The number of rotatable bonds is 11. The summed E-state index contributed by atoms with van der Waals surface area (Å²) in [6.07, 6.45) is 1.45. The Labute approximate surface area is 198 Å². The van der Waals surface area contributed by atoms with Crippen LogP contribution in [0.1, 0.15) is 61.4 Å². The molecule has 1 N–H and O–H groups in total. The number of benzene rings is 2. The van der Waals surface area contributed by atoms with E-state index < -0.39 is 6.04 Å². The van der Waals surface area contributed by atoms with E-state index in [1.54, 1.807) is 16.7 Å². The van der Waals surface area contributed by atoms with Gasteiger partial charge in [0, 0.05) is 18.3 Å². The predicted molar refractivity (Wildman–Crippen MR) is 136 cm³/mol. The maximum absolute atomic E-state index is 13.3. The molecule has 174 valence electrons. The predicted octanol–water partition coefficient (Wildman–Crippen LogP) is 5.57. The van der Waals surface area contributed by atoms with Crippen LogP contribution in [0.4, 0.5) is 0 Å². The zero-order valence-electron chi connectivity index (χ0n) is 20.4. The molecule has 0 saturated heterocycles. The fraction of sp³-hybridized carbons (Fsp3) is 0.481. The summed E-state index contributed by atoms with van der Waals surface area (Å²) >= 11 is 1.61. The van der Waals surface area contributed by atoms with Crippen molar-refractivity contribution in [2.45, 2.75) is 78.8 Å². The summed E-state index contributed by atoms with van der Waals surface area (Å²) in [7, 11) is 0. The molecular weight excluding hydrogens is 416 g/mol.